The molecule has 174 valence electrons. The molecule has 32 heavy (non-hydrogen) atoms. The summed E-state index contributed by atoms with van der Waals surface area (Å²) in [5.41, 5.74) is 1.04. The highest BCUT2D eigenvalue weighted by atomic mass is 35.5. The van der Waals surface area contributed by atoms with Crippen LogP contribution in [0, 0.1) is 5.92 Å². The molecule has 8 nitrogen and oxygen atoms in total. The van der Waals surface area contributed by atoms with Gasteiger partial charge in [0.1, 0.15) is 11.6 Å². The molecule has 2 aliphatic heterocycles. The summed E-state index contributed by atoms with van der Waals surface area (Å²) in [6.07, 6.45) is 2.83. The summed E-state index contributed by atoms with van der Waals surface area (Å²) < 4.78 is 13.0. The molecule has 1 aromatic heterocycles. The Morgan fingerprint density at radius 3 is 2.72 bits per heavy atom. The van der Waals surface area contributed by atoms with E-state index >= 15 is 0 Å². The summed E-state index contributed by atoms with van der Waals surface area (Å²) in [6.45, 7) is 8.19. The fourth-order valence-corrected chi connectivity index (χ4v) is 4.51. The molecular weight excluding hydrogens is 432 g/mol. The van der Waals surface area contributed by atoms with E-state index in [9.17, 15) is 9.59 Å². The van der Waals surface area contributed by atoms with Gasteiger partial charge in [0.05, 0.1) is 11.0 Å². The van der Waals surface area contributed by atoms with E-state index in [4.69, 9.17) is 21.1 Å². The van der Waals surface area contributed by atoms with Gasteiger partial charge in [-0.05, 0) is 70.6 Å². The number of rotatable bonds is 4. The highest BCUT2D eigenvalue weighted by Gasteiger charge is 2.37. The molecule has 0 bridgehead atoms. The first-order valence-electron chi connectivity index (χ1n) is 11.3. The number of halogens is 1. The third-order valence-corrected chi connectivity index (χ3v) is 6.15. The fraction of sp³-hybridized carbons (Fsp3) is 0.609. The SMILES string of the molecule is CC(C)(C)OC(=O)N1CCCC1C(=O)Nc1nc2cc(Cl)ccc2n1CC1CCOCC1. The summed E-state index contributed by atoms with van der Waals surface area (Å²) in [5, 5.41) is 3.58. The molecule has 3 heterocycles. The summed E-state index contributed by atoms with van der Waals surface area (Å²) in [5.74, 6) is 0.676. The second kappa shape index (κ2) is 9.27. The third-order valence-electron chi connectivity index (χ3n) is 5.91. The van der Waals surface area contributed by atoms with Crippen LogP contribution in [0.25, 0.3) is 11.0 Å². The minimum atomic E-state index is -0.613. The predicted octanol–water partition coefficient (Wildman–Crippen LogP) is 4.45. The quantitative estimate of drug-likeness (QED) is 0.725. The lowest BCUT2D eigenvalue weighted by Gasteiger charge is -2.28. The van der Waals surface area contributed by atoms with Gasteiger partial charge in [0.15, 0.2) is 0 Å². The van der Waals surface area contributed by atoms with E-state index in [1.54, 1.807) is 6.07 Å². The second-order valence-corrected chi connectivity index (χ2v) is 9.99. The summed E-state index contributed by atoms with van der Waals surface area (Å²) in [7, 11) is 0. The lowest BCUT2D eigenvalue weighted by atomic mass is 10.0. The number of imidazole rings is 1. The Balaban J connectivity index is 1.56. The number of carbonyl (C=O) groups excluding carboxylic acids is 2. The number of aromatic nitrogens is 2. The summed E-state index contributed by atoms with van der Waals surface area (Å²) in [6, 6.07) is 4.99. The maximum Gasteiger partial charge on any atom is 0.410 e. The molecule has 1 N–H and O–H groups in total. The number of fused-ring (bicyclic) bond motifs is 1. The van der Waals surface area contributed by atoms with Crippen molar-refractivity contribution in [3.63, 3.8) is 0 Å². The van der Waals surface area contributed by atoms with E-state index in [2.05, 4.69) is 10.3 Å². The van der Waals surface area contributed by atoms with Crippen LogP contribution >= 0.6 is 11.6 Å². The maximum atomic E-state index is 13.2. The Labute approximate surface area is 193 Å². The standard InChI is InChI=1S/C23H31ClN4O4/c1-23(2,3)32-22(30)27-10-4-5-19(27)20(29)26-21-25-17-13-16(24)6-7-18(17)28(21)14-15-8-11-31-12-9-15/h6-7,13,15,19H,4-5,8-12,14H2,1-3H3,(H,25,26,29). The van der Waals surface area contributed by atoms with Gasteiger partial charge in [-0.15, -0.1) is 0 Å². The zero-order valence-electron chi connectivity index (χ0n) is 18.9. The Kier molecular flexibility index (Phi) is 6.62. The molecule has 1 unspecified atom stereocenters. The number of hydrogen-bond donors (Lipinski definition) is 1. The van der Waals surface area contributed by atoms with Gasteiger partial charge in [-0.2, -0.15) is 0 Å². The topological polar surface area (TPSA) is 85.7 Å². The van der Waals surface area contributed by atoms with E-state index in [0.29, 0.717) is 29.9 Å². The van der Waals surface area contributed by atoms with Gasteiger partial charge in [0.2, 0.25) is 11.9 Å². The number of nitrogens with zero attached hydrogens (tertiary/aromatic N) is 3. The Bertz CT molecular complexity index is 994. The number of likely N-dealkylation sites (tertiary alicyclic amines) is 1. The molecule has 1 atom stereocenters. The molecule has 1 aromatic carbocycles. The number of amides is 2. The number of benzene rings is 1. The molecule has 0 radical (unpaired) electrons. The van der Waals surface area contributed by atoms with Crippen LogP contribution in [0.3, 0.4) is 0 Å². The smallest absolute Gasteiger partial charge is 0.410 e. The van der Waals surface area contributed by atoms with Crippen LogP contribution in [0.2, 0.25) is 5.02 Å². The monoisotopic (exact) mass is 462 g/mol. The molecule has 2 aromatic rings. The van der Waals surface area contributed by atoms with Crippen LogP contribution in [0.1, 0.15) is 46.5 Å². The van der Waals surface area contributed by atoms with Crippen LogP contribution in [0.4, 0.5) is 10.7 Å². The molecule has 0 spiro atoms. The zero-order chi connectivity index (χ0) is 22.9. The van der Waals surface area contributed by atoms with Crippen molar-refractivity contribution < 1.29 is 19.1 Å². The highest BCUT2D eigenvalue weighted by Crippen LogP contribution is 2.28. The zero-order valence-corrected chi connectivity index (χ0v) is 19.7. The number of ether oxygens (including phenoxy) is 2. The second-order valence-electron chi connectivity index (χ2n) is 9.56. The van der Waals surface area contributed by atoms with Crippen LogP contribution in [-0.4, -0.2) is 57.9 Å². The summed E-state index contributed by atoms with van der Waals surface area (Å²) >= 11 is 6.18. The number of nitrogens with one attached hydrogen (secondary N) is 1. The first-order valence-corrected chi connectivity index (χ1v) is 11.6. The normalized spacial score (nSPS) is 20.0. The van der Waals surface area contributed by atoms with Gasteiger partial charge in [0.25, 0.3) is 0 Å². The van der Waals surface area contributed by atoms with E-state index in [-0.39, 0.29) is 5.91 Å². The van der Waals surface area contributed by atoms with Crippen LogP contribution in [0.5, 0.6) is 0 Å². The van der Waals surface area contributed by atoms with Crippen LogP contribution in [-0.2, 0) is 20.8 Å². The minimum absolute atomic E-state index is 0.247. The molecule has 0 saturated carbocycles. The van der Waals surface area contributed by atoms with E-state index in [1.807, 2.05) is 37.5 Å². The number of carbonyl (C=O) groups is 2. The van der Waals surface area contributed by atoms with Gasteiger partial charge >= 0.3 is 6.09 Å². The fourth-order valence-electron chi connectivity index (χ4n) is 4.34. The predicted molar refractivity (Wildman–Crippen MR) is 123 cm³/mol. The first kappa shape index (κ1) is 22.9. The largest absolute Gasteiger partial charge is 0.444 e. The Morgan fingerprint density at radius 2 is 2.00 bits per heavy atom. The molecule has 2 fully saturated rings. The van der Waals surface area contributed by atoms with Gasteiger partial charge in [-0.1, -0.05) is 11.6 Å². The van der Waals surface area contributed by atoms with Crippen molar-refractivity contribution >= 4 is 40.6 Å². The van der Waals surface area contributed by atoms with Crippen molar-refractivity contribution in [1.29, 1.82) is 0 Å². The van der Waals surface area contributed by atoms with Crippen molar-refractivity contribution in [2.45, 2.75) is 64.6 Å². The van der Waals surface area contributed by atoms with Crippen molar-refractivity contribution in [2.24, 2.45) is 5.92 Å². The average molecular weight is 463 g/mol. The maximum absolute atomic E-state index is 13.2. The Morgan fingerprint density at radius 1 is 1.25 bits per heavy atom. The van der Waals surface area contributed by atoms with Crippen LogP contribution in [0.15, 0.2) is 18.2 Å². The lowest BCUT2D eigenvalue weighted by molar-refractivity contribution is -0.120. The van der Waals surface area contributed by atoms with Crippen molar-refractivity contribution in [1.82, 2.24) is 14.5 Å². The first-order chi connectivity index (χ1) is 15.2. The molecule has 0 aliphatic carbocycles. The van der Waals surface area contributed by atoms with E-state index < -0.39 is 17.7 Å². The van der Waals surface area contributed by atoms with Crippen molar-refractivity contribution in [3.05, 3.63) is 23.2 Å². The molecule has 2 saturated heterocycles. The minimum Gasteiger partial charge on any atom is -0.444 e. The molecular formula is C23H31ClN4O4. The van der Waals surface area contributed by atoms with E-state index in [0.717, 1.165) is 50.1 Å². The molecule has 2 amide bonds. The van der Waals surface area contributed by atoms with Gasteiger partial charge in [0, 0.05) is 31.3 Å². The molecule has 4 rings (SSSR count). The van der Waals surface area contributed by atoms with Crippen molar-refractivity contribution in [3.8, 4) is 0 Å². The lowest BCUT2D eigenvalue weighted by Crippen LogP contribution is -2.45. The summed E-state index contributed by atoms with van der Waals surface area (Å²) in [4.78, 5) is 32.0. The van der Waals surface area contributed by atoms with E-state index in [1.165, 1.54) is 4.90 Å². The molecule has 9 heteroatoms. The third kappa shape index (κ3) is 5.18. The van der Waals surface area contributed by atoms with Crippen molar-refractivity contribution in [2.75, 3.05) is 25.1 Å². The average Bonchev–Trinajstić information content (AvgIpc) is 3.33. The van der Waals surface area contributed by atoms with Gasteiger partial charge < -0.3 is 14.0 Å². The molecule has 2 aliphatic rings. The van der Waals surface area contributed by atoms with Gasteiger partial charge in [-0.3, -0.25) is 15.0 Å². The number of hydrogen-bond acceptors (Lipinski definition) is 5. The number of anilines is 1. The highest BCUT2D eigenvalue weighted by molar-refractivity contribution is 6.31. The van der Waals surface area contributed by atoms with Gasteiger partial charge in [-0.25, -0.2) is 9.78 Å². The van der Waals surface area contributed by atoms with Crippen LogP contribution < -0.4 is 5.32 Å². The Hall–Kier alpha value is -2.32.